The molecule has 0 saturated carbocycles. The minimum Gasteiger partial charge on any atom is -0.323 e. The van der Waals surface area contributed by atoms with E-state index in [1.54, 1.807) is 7.05 Å². The van der Waals surface area contributed by atoms with Crippen molar-refractivity contribution in [2.75, 3.05) is 6.56 Å². The molecule has 0 spiro atoms. The standard InChI is InChI=1S/C24H18ClF6N9O/c1-38-22(33-12-35-38)14-9-34-39(10-14)17(6-7-41-23(27)28)16-4-2-13(8-32-16)20-18(5-3-15(25)21(20)26)40-11-19(36-37-40)24(29,30)31/h2-5,8-12,17,23H,6-7H2,1H3/i7D2,17D. The second-order valence-electron chi connectivity index (χ2n) is 8.26. The molecule has 0 aliphatic heterocycles. The minimum absolute atomic E-state index is 0.0257. The maximum atomic E-state index is 15.3. The first-order valence-electron chi connectivity index (χ1n) is 12.9. The maximum Gasteiger partial charge on any atom is 0.436 e. The monoisotopic (exact) mass is 600 g/mol. The number of benzene rings is 1. The number of pyridine rings is 1. The summed E-state index contributed by atoms with van der Waals surface area (Å²) in [6.07, 6.45) is -0.373. The summed E-state index contributed by atoms with van der Waals surface area (Å²) in [6, 6.07) is 2.42. The lowest BCUT2D eigenvalue weighted by Gasteiger charge is -2.18. The third kappa shape index (κ3) is 5.92. The summed E-state index contributed by atoms with van der Waals surface area (Å²) in [6.45, 7) is -6.56. The third-order valence-electron chi connectivity index (χ3n) is 5.69. The normalized spacial score (nSPS) is 15.0. The zero-order chi connectivity index (χ0) is 32.0. The van der Waals surface area contributed by atoms with Gasteiger partial charge in [-0.1, -0.05) is 22.9 Å². The number of hydrogen-bond acceptors (Lipinski definition) is 7. The molecule has 0 bridgehead atoms. The fourth-order valence-corrected chi connectivity index (χ4v) is 3.99. The molecule has 5 rings (SSSR count). The number of nitrogens with zero attached hydrogens (tertiary/aromatic N) is 9. The average Bonchev–Trinajstić information content (AvgIpc) is 3.70. The van der Waals surface area contributed by atoms with Crippen molar-refractivity contribution in [3.05, 3.63) is 77.6 Å². The first kappa shape index (κ1) is 24.5. The molecule has 0 N–H and O–H groups in total. The Morgan fingerprint density at radius 3 is 2.51 bits per heavy atom. The van der Waals surface area contributed by atoms with Crippen molar-refractivity contribution >= 4 is 11.6 Å². The van der Waals surface area contributed by atoms with E-state index in [-0.39, 0.29) is 27.5 Å². The highest BCUT2D eigenvalue weighted by atomic mass is 35.5. The SMILES string of the molecule is [2H]C([2H])(CC([2H])(c1ccc(-c2c(-n3cc(C(F)(F)F)nn3)ccc(Cl)c2F)cn1)n1cc(-c2ncnn2C)cn1)OC(F)F. The fraction of sp³-hybridized carbons (Fsp3) is 0.250. The van der Waals surface area contributed by atoms with Crippen LogP contribution in [0.5, 0.6) is 0 Å². The van der Waals surface area contributed by atoms with E-state index in [9.17, 15) is 23.3 Å². The summed E-state index contributed by atoms with van der Waals surface area (Å²) in [5.74, 6) is -0.693. The van der Waals surface area contributed by atoms with Crippen LogP contribution in [-0.4, -0.2) is 57.7 Å². The van der Waals surface area contributed by atoms with Gasteiger partial charge in [0.25, 0.3) is 0 Å². The van der Waals surface area contributed by atoms with Gasteiger partial charge in [0.15, 0.2) is 17.3 Å². The number of alkyl halides is 5. The molecule has 0 aliphatic rings. The summed E-state index contributed by atoms with van der Waals surface area (Å²) in [7, 11) is 1.59. The summed E-state index contributed by atoms with van der Waals surface area (Å²) in [5.41, 5.74) is -1.73. The smallest absolute Gasteiger partial charge is 0.323 e. The number of aryl methyl sites for hydroxylation is 1. The van der Waals surface area contributed by atoms with Crippen LogP contribution in [0.1, 0.15) is 27.9 Å². The van der Waals surface area contributed by atoms with Gasteiger partial charge in [0, 0.05) is 30.6 Å². The molecule has 5 aromatic rings. The Hall–Kier alpha value is -4.31. The van der Waals surface area contributed by atoms with Crippen LogP contribution in [0.25, 0.3) is 28.2 Å². The van der Waals surface area contributed by atoms with Gasteiger partial charge in [-0.05, 0) is 24.6 Å². The third-order valence-corrected chi connectivity index (χ3v) is 5.98. The van der Waals surface area contributed by atoms with Crippen LogP contribution in [0, 0.1) is 5.82 Å². The van der Waals surface area contributed by atoms with Gasteiger partial charge in [-0.25, -0.2) is 18.7 Å². The summed E-state index contributed by atoms with van der Waals surface area (Å²) < 4.78 is 113. The van der Waals surface area contributed by atoms with E-state index in [2.05, 4.69) is 35.2 Å². The molecule has 41 heavy (non-hydrogen) atoms. The maximum absolute atomic E-state index is 15.3. The van der Waals surface area contributed by atoms with E-state index in [0.717, 1.165) is 16.9 Å². The van der Waals surface area contributed by atoms with Crippen molar-refractivity contribution in [2.24, 2.45) is 7.05 Å². The zero-order valence-electron chi connectivity index (χ0n) is 23.6. The van der Waals surface area contributed by atoms with Crippen LogP contribution < -0.4 is 0 Å². The molecule has 1 aromatic carbocycles. The molecule has 0 fully saturated rings. The lowest BCUT2D eigenvalue weighted by Crippen LogP contribution is -2.16. The summed E-state index contributed by atoms with van der Waals surface area (Å²) in [4.78, 5) is 8.26. The number of aromatic nitrogens is 9. The van der Waals surface area contributed by atoms with Gasteiger partial charge in [0.05, 0.1) is 51.1 Å². The van der Waals surface area contributed by atoms with Gasteiger partial charge < -0.3 is 4.74 Å². The summed E-state index contributed by atoms with van der Waals surface area (Å²) in [5, 5.41) is 14.2. The van der Waals surface area contributed by atoms with Crippen molar-refractivity contribution in [1.29, 1.82) is 0 Å². The Labute approximate surface area is 236 Å². The Morgan fingerprint density at radius 1 is 1.07 bits per heavy atom. The van der Waals surface area contributed by atoms with Crippen molar-refractivity contribution in [3.63, 3.8) is 0 Å². The van der Waals surface area contributed by atoms with E-state index in [1.165, 1.54) is 41.6 Å². The number of ether oxygens (including phenoxy) is 1. The number of halogens is 7. The average molecular weight is 601 g/mol. The lowest BCUT2D eigenvalue weighted by molar-refractivity contribution is -0.141. The lowest BCUT2D eigenvalue weighted by atomic mass is 10.0. The van der Waals surface area contributed by atoms with E-state index in [0.29, 0.717) is 22.3 Å². The number of hydrogen-bond donors (Lipinski definition) is 0. The fourth-order valence-electron chi connectivity index (χ4n) is 3.84. The predicted molar refractivity (Wildman–Crippen MR) is 131 cm³/mol. The zero-order valence-corrected chi connectivity index (χ0v) is 21.3. The molecule has 0 radical (unpaired) electrons. The first-order valence-corrected chi connectivity index (χ1v) is 11.8. The van der Waals surface area contributed by atoms with E-state index in [1.807, 2.05) is 0 Å². The Bertz CT molecular complexity index is 1790. The second kappa shape index (κ2) is 11.3. The van der Waals surface area contributed by atoms with Gasteiger partial charge in [-0.3, -0.25) is 9.67 Å². The van der Waals surface area contributed by atoms with Gasteiger partial charge >= 0.3 is 12.8 Å². The van der Waals surface area contributed by atoms with Gasteiger partial charge in [0.1, 0.15) is 6.33 Å². The molecular formula is C24H18ClF6N9O. The topological polar surface area (TPSA) is 101 Å². The molecule has 4 aromatic heterocycles. The molecule has 1 atom stereocenters. The highest BCUT2D eigenvalue weighted by Gasteiger charge is 2.35. The Morgan fingerprint density at radius 2 is 1.88 bits per heavy atom. The van der Waals surface area contributed by atoms with Crippen molar-refractivity contribution in [3.8, 4) is 28.2 Å². The number of rotatable bonds is 9. The molecule has 214 valence electrons. The Balaban J connectivity index is 1.59. The van der Waals surface area contributed by atoms with E-state index in [4.69, 9.17) is 14.3 Å². The van der Waals surface area contributed by atoms with Crippen molar-refractivity contribution in [1.82, 2.24) is 44.5 Å². The van der Waals surface area contributed by atoms with Crippen LogP contribution in [0.4, 0.5) is 26.3 Å². The highest BCUT2D eigenvalue weighted by Crippen LogP contribution is 2.35. The molecule has 0 amide bonds. The first-order chi connectivity index (χ1) is 20.6. The van der Waals surface area contributed by atoms with Crippen molar-refractivity contribution < 1.29 is 35.2 Å². The largest absolute Gasteiger partial charge is 0.436 e. The van der Waals surface area contributed by atoms with E-state index < -0.39 is 43.3 Å². The van der Waals surface area contributed by atoms with Crippen molar-refractivity contribution in [2.45, 2.75) is 25.2 Å². The summed E-state index contributed by atoms with van der Waals surface area (Å²) >= 11 is 5.96. The molecule has 1 unspecified atom stereocenters. The molecule has 0 aliphatic carbocycles. The quantitative estimate of drug-likeness (QED) is 0.210. The van der Waals surface area contributed by atoms with Gasteiger partial charge in [-0.2, -0.15) is 32.1 Å². The molecule has 0 saturated heterocycles. The Kier molecular flexibility index (Phi) is 6.74. The molecular weight excluding hydrogens is 580 g/mol. The van der Waals surface area contributed by atoms with E-state index >= 15 is 4.39 Å². The molecule has 17 heteroatoms. The van der Waals surface area contributed by atoms with Crippen LogP contribution >= 0.6 is 11.6 Å². The molecule has 4 heterocycles. The predicted octanol–water partition coefficient (Wildman–Crippen LogP) is 5.35. The minimum atomic E-state index is -4.82. The van der Waals surface area contributed by atoms with Gasteiger partial charge in [-0.15, -0.1) is 5.10 Å². The van der Waals surface area contributed by atoms with Gasteiger partial charge in [0.2, 0.25) is 0 Å². The van der Waals surface area contributed by atoms with Crippen LogP contribution in [0.3, 0.4) is 0 Å². The van der Waals surface area contributed by atoms with Crippen LogP contribution in [-0.2, 0) is 18.0 Å². The van der Waals surface area contributed by atoms with Crippen LogP contribution in [0.15, 0.2) is 55.4 Å². The highest BCUT2D eigenvalue weighted by molar-refractivity contribution is 6.31. The van der Waals surface area contributed by atoms with Crippen LogP contribution in [0.2, 0.25) is 5.02 Å². The molecule has 10 nitrogen and oxygen atoms in total. The second-order valence-corrected chi connectivity index (χ2v) is 8.67.